The molecule has 0 aliphatic carbocycles. The molecule has 0 aromatic carbocycles. The number of ether oxygens (including phenoxy) is 2. The molecule has 0 fully saturated rings. The molecular weight excluding hydrogens is 552 g/mol. The van der Waals surface area contributed by atoms with Crippen molar-refractivity contribution in [1.82, 2.24) is 0 Å². The maximum Gasteiger partial charge on any atom is 0.305 e. The molecule has 0 rings (SSSR count). The van der Waals surface area contributed by atoms with Crippen molar-refractivity contribution in [3.05, 3.63) is 0 Å². The lowest BCUT2D eigenvalue weighted by Gasteiger charge is -2.18. The lowest BCUT2D eigenvalue weighted by Crippen LogP contribution is -2.22. The summed E-state index contributed by atoms with van der Waals surface area (Å²) in [6.07, 6.45) is 47.5. The third-order valence-electron chi connectivity index (χ3n) is 9.70. The molecule has 3 heteroatoms. The molecule has 0 aliphatic rings. The van der Waals surface area contributed by atoms with Crippen LogP contribution in [-0.4, -0.2) is 25.3 Å². The molecule has 0 aromatic rings. The Morgan fingerprint density at radius 3 is 1.00 bits per heavy atom. The monoisotopic (exact) mass is 637 g/mol. The molecule has 3 nitrogen and oxygen atoms in total. The molecule has 0 aromatic heterocycles. The van der Waals surface area contributed by atoms with Gasteiger partial charge in [-0.25, -0.2) is 0 Å². The highest BCUT2D eigenvalue weighted by molar-refractivity contribution is 5.68. The van der Waals surface area contributed by atoms with Gasteiger partial charge in [0.15, 0.2) is 0 Å². The molecule has 270 valence electrons. The molecule has 0 heterocycles. The summed E-state index contributed by atoms with van der Waals surface area (Å²) in [5.74, 6) is -0.103. The van der Waals surface area contributed by atoms with Crippen molar-refractivity contribution in [2.24, 2.45) is 0 Å². The molecular formula is C42H84O3. The highest BCUT2D eigenvalue weighted by Gasteiger charge is 2.12. The van der Waals surface area contributed by atoms with Gasteiger partial charge in [-0.1, -0.05) is 226 Å². The van der Waals surface area contributed by atoms with Gasteiger partial charge < -0.3 is 9.47 Å². The average Bonchev–Trinajstić information content (AvgIpc) is 3.05. The van der Waals surface area contributed by atoms with E-state index in [-0.39, 0.29) is 12.1 Å². The molecule has 0 bridgehead atoms. The second kappa shape index (κ2) is 39.6. The predicted molar refractivity (Wildman–Crippen MR) is 199 cm³/mol. The first-order valence-electron chi connectivity index (χ1n) is 21.0. The number of carbonyl (C=O) groups is 1. The average molecular weight is 637 g/mol. The van der Waals surface area contributed by atoms with E-state index in [0.717, 1.165) is 19.4 Å². The predicted octanol–water partition coefficient (Wildman–Crippen LogP) is 14.6. The third-order valence-corrected chi connectivity index (χ3v) is 9.70. The standard InChI is InChI=1S/C42H84O3/c1-4-7-9-11-13-15-17-19-21-23-24-26-28-30-32-34-36-38-41(40-45-42(43)6-3)44-39-37-35-33-31-29-27-25-22-20-18-16-14-12-10-8-5-2/h41H,4-40H2,1-3H3. The molecule has 0 amide bonds. The van der Waals surface area contributed by atoms with Gasteiger partial charge in [0, 0.05) is 13.0 Å². The van der Waals surface area contributed by atoms with E-state index >= 15 is 0 Å². The molecule has 0 saturated carbocycles. The van der Waals surface area contributed by atoms with Crippen molar-refractivity contribution in [2.45, 2.75) is 252 Å². The second-order valence-corrected chi connectivity index (χ2v) is 14.3. The fourth-order valence-corrected chi connectivity index (χ4v) is 6.50. The summed E-state index contributed by atoms with van der Waals surface area (Å²) >= 11 is 0. The zero-order valence-electron chi connectivity index (χ0n) is 31.5. The lowest BCUT2D eigenvalue weighted by atomic mass is 10.0. The molecule has 0 N–H and O–H groups in total. The molecule has 0 saturated heterocycles. The summed E-state index contributed by atoms with van der Waals surface area (Å²) in [7, 11) is 0. The Bertz CT molecular complexity index is 510. The van der Waals surface area contributed by atoms with Gasteiger partial charge in [-0.05, 0) is 12.8 Å². The van der Waals surface area contributed by atoms with Gasteiger partial charge >= 0.3 is 5.97 Å². The summed E-state index contributed by atoms with van der Waals surface area (Å²) in [4.78, 5) is 11.7. The van der Waals surface area contributed by atoms with E-state index in [4.69, 9.17) is 9.47 Å². The Balaban J connectivity index is 3.61. The fourth-order valence-electron chi connectivity index (χ4n) is 6.50. The van der Waals surface area contributed by atoms with E-state index in [9.17, 15) is 4.79 Å². The second-order valence-electron chi connectivity index (χ2n) is 14.3. The van der Waals surface area contributed by atoms with Crippen molar-refractivity contribution in [2.75, 3.05) is 13.2 Å². The van der Waals surface area contributed by atoms with Crippen LogP contribution in [0, 0.1) is 0 Å². The first-order valence-corrected chi connectivity index (χ1v) is 21.0. The van der Waals surface area contributed by atoms with E-state index in [1.54, 1.807) is 0 Å². The molecule has 45 heavy (non-hydrogen) atoms. The van der Waals surface area contributed by atoms with Crippen LogP contribution in [0.15, 0.2) is 0 Å². The van der Waals surface area contributed by atoms with Gasteiger partial charge in [0.1, 0.15) is 6.61 Å². The van der Waals surface area contributed by atoms with Gasteiger partial charge in [0.05, 0.1) is 6.10 Å². The minimum Gasteiger partial charge on any atom is -0.463 e. The third kappa shape index (κ3) is 37.8. The Morgan fingerprint density at radius 2 is 0.689 bits per heavy atom. The summed E-state index contributed by atoms with van der Waals surface area (Å²) in [6, 6.07) is 0. The minimum atomic E-state index is -0.103. The van der Waals surface area contributed by atoms with Crippen LogP contribution in [-0.2, 0) is 14.3 Å². The van der Waals surface area contributed by atoms with Gasteiger partial charge in [-0.3, -0.25) is 4.79 Å². The maximum absolute atomic E-state index is 11.7. The van der Waals surface area contributed by atoms with Crippen molar-refractivity contribution in [3.63, 3.8) is 0 Å². The van der Waals surface area contributed by atoms with Crippen LogP contribution in [0.25, 0.3) is 0 Å². The van der Waals surface area contributed by atoms with Crippen LogP contribution in [0.1, 0.15) is 245 Å². The summed E-state index contributed by atoms with van der Waals surface area (Å²) in [6.45, 7) is 7.70. The first kappa shape index (κ1) is 44.4. The van der Waals surface area contributed by atoms with Crippen LogP contribution in [0.5, 0.6) is 0 Å². The Kier molecular flexibility index (Phi) is 39.1. The number of carbonyl (C=O) groups excluding carboxylic acids is 1. The van der Waals surface area contributed by atoms with E-state index in [0.29, 0.717) is 13.0 Å². The van der Waals surface area contributed by atoms with Crippen LogP contribution in [0.2, 0.25) is 0 Å². The van der Waals surface area contributed by atoms with Crippen LogP contribution >= 0.6 is 0 Å². The summed E-state index contributed by atoms with van der Waals surface area (Å²) in [5.41, 5.74) is 0. The number of hydrogen-bond acceptors (Lipinski definition) is 3. The fraction of sp³-hybridized carbons (Fsp3) is 0.976. The highest BCUT2D eigenvalue weighted by Crippen LogP contribution is 2.17. The van der Waals surface area contributed by atoms with E-state index < -0.39 is 0 Å². The van der Waals surface area contributed by atoms with E-state index in [1.807, 2.05) is 6.92 Å². The lowest BCUT2D eigenvalue weighted by molar-refractivity contribution is -0.147. The highest BCUT2D eigenvalue weighted by atomic mass is 16.6. The normalized spacial score (nSPS) is 12.2. The number of rotatable bonds is 39. The molecule has 0 radical (unpaired) electrons. The molecule has 1 unspecified atom stereocenters. The van der Waals surface area contributed by atoms with Crippen LogP contribution in [0.4, 0.5) is 0 Å². The zero-order chi connectivity index (χ0) is 32.7. The Labute approximate surface area is 284 Å². The van der Waals surface area contributed by atoms with Gasteiger partial charge in [-0.2, -0.15) is 0 Å². The quantitative estimate of drug-likeness (QED) is 0.0497. The zero-order valence-corrected chi connectivity index (χ0v) is 31.5. The van der Waals surface area contributed by atoms with Crippen molar-refractivity contribution in [3.8, 4) is 0 Å². The number of esters is 1. The first-order chi connectivity index (χ1) is 22.2. The summed E-state index contributed by atoms with van der Waals surface area (Å²) < 4.78 is 11.7. The maximum atomic E-state index is 11.7. The van der Waals surface area contributed by atoms with Crippen molar-refractivity contribution >= 4 is 5.97 Å². The van der Waals surface area contributed by atoms with Gasteiger partial charge in [0.2, 0.25) is 0 Å². The number of unbranched alkanes of at least 4 members (excludes halogenated alkanes) is 31. The van der Waals surface area contributed by atoms with E-state index in [1.165, 1.54) is 205 Å². The SMILES string of the molecule is CCCCCCCCCCCCCCCCCCCC(COC(=O)CC)OCCCCCCCCCCCCCCCCCC. The minimum absolute atomic E-state index is 0.0770. The van der Waals surface area contributed by atoms with Gasteiger partial charge in [0.25, 0.3) is 0 Å². The molecule has 0 spiro atoms. The molecule has 0 aliphatic heterocycles. The van der Waals surface area contributed by atoms with Crippen molar-refractivity contribution in [1.29, 1.82) is 0 Å². The van der Waals surface area contributed by atoms with Crippen LogP contribution in [0.3, 0.4) is 0 Å². The molecule has 1 atom stereocenters. The van der Waals surface area contributed by atoms with Crippen molar-refractivity contribution < 1.29 is 14.3 Å². The Morgan fingerprint density at radius 1 is 0.400 bits per heavy atom. The number of hydrogen-bond donors (Lipinski definition) is 0. The van der Waals surface area contributed by atoms with E-state index in [2.05, 4.69) is 13.8 Å². The topological polar surface area (TPSA) is 35.5 Å². The van der Waals surface area contributed by atoms with Crippen LogP contribution < -0.4 is 0 Å². The smallest absolute Gasteiger partial charge is 0.305 e. The van der Waals surface area contributed by atoms with Gasteiger partial charge in [-0.15, -0.1) is 0 Å². The largest absolute Gasteiger partial charge is 0.463 e. The summed E-state index contributed by atoms with van der Waals surface area (Å²) in [5, 5.41) is 0. The Hall–Kier alpha value is -0.570.